The molecule has 0 atom stereocenters. The van der Waals surface area contributed by atoms with Gasteiger partial charge >= 0.3 is 0 Å². The molecule has 27 heavy (non-hydrogen) atoms. The van der Waals surface area contributed by atoms with Gasteiger partial charge in [-0.1, -0.05) is 0 Å². The lowest BCUT2D eigenvalue weighted by Gasteiger charge is -2.36. The predicted molar refractivity (Wildman–Crippen MR) is 97.4 cm³/mol. The number of pyridine rings is 1. The van der Waals surface area contributed by atoms with Gasteiger partial charge in [0.15, 0.2) is 5.82 Å². The molecule has 3 rings (SSSR count). The van der Waals surface area contributed by atoms with E-state index in [9.17, 15) is 23.4 Å². The van der Waals surface area contributed by atoms with Gasteiger partial charge in [-0.05, 0) is 41.6 Å². The minimum atomic E-state index is -3.73. The molecule has 1 amide bonds. The third kappa shape index (κ3) is 3.72. The molecule has 1 aromatic carbocycles. The number of hydrogen-bond acceptors (Lipinski definition) is 8. The highest BCUT2D eigenvalue weighted by atomic mass is 32.3. The Morgan fingerprint density at radius 2 is 2.19 bits per heavy atom. The van der Waals surface area contributed by atoms with Crippen LogP contribution in [0, 0.1) is 24.1 Å². The molecule has 0 saturated carbocycles. The number of benzene rings is 1. The number of anilines is 2. The van der Waals surface area contributed by atoms with Gasteiger partial charge in [0, 0.05) is 6.54 Å². The zero-order valence-electron chi connectivity index (χ0n) is 14.1. The van der Waals surface area contributed by atoms with Crippen LogP contribution in [0.4, 0.5) is 15.8 Å². The molecule has 1 fully saturated rings. The van der Waals surface area contributed by atoms with Crippen LogP contribution in [0.5, 0.6) is 5.75 Å². The lowest BCUT2D eigenvalue weighted by atomic mass is 10.1. The molecule has 1 aliphatic heterocycles. The second kappa shape index (κ2) is 6.92. The molecule has 142 valence electrons. The number of aromatic nitrogens is 1. The van der Waals surface area contributed by atoms with Crippen LogP contribution in [0.25, 0.3) is 0 Å². The Labute approximate surface area is 155 Å². The second-order valence-electron chi connectivity index (χ2n) is 5.85. The highest BCUT2D eigenvalue weighted by molar-refractivity contribution is 8.24. The standard InChI is InChI=1S/C16H16FN5O4S/c1-9-11(5-18)4-12(7-19-9)20-6-10-2-13(17)16(14(23)3-10)22-8-15(24)21-27(22,25)26/h2-4,7,20,23,25-26H,6,8H2,1H3,(H,21,24). The number of aryl methyl sites for hydroxylation is 1. The Hall–Kier alpha value is -3.07. The van der Waals surface area contributed by atoms with E-state index in [2.05, 4.69) is 10.3 Å². The van der Waals surface area contributed by atoms with Crippen molar-refractivity contribution in [3.8, 4) is 11.8 Å². The predicted octanol–water partition coefficient (Wildman–Crippen LogP) is 2.24. The monoisotopic (exact) mass is 393 g/mol. The van der Waals surface area contributed by atoms with Crippen molar-refractivity contribution in [3.63, 3.8) is 0 Å². The van der Waals surface area contributed by atoms with Gasteiger partial charge in [0.25, 0.3) is 5.91 Å². The Balaban J connectivity index is 1.81. The second-order valence-corrected chi connectivity index (χ2v) is 7.53. The highest BCUT2D eigenvalue weighted by Gasteiger charge is 2.37. The first kappa shape index (κ1) is 18.7. The summed E-state index contributed by atoms with van der Waals surface area (Å²) < 4.78 is 36.8. The summed E-state index contributed by atoms with van der Waals surface area (Å²) in [6.07, 6.45) is 1.53. The largest absolute Gasteiger partial charge is 0.506 e. The summed E-state index contributed by atoms with van der Waals surface area (Å²) in [6, 6.07) is 5.97. The summed E-state index contributed by atoms with van der Waals surface area (Å²) in [5, 5.41) is 22.1. The highest BCUT2D eigenvalue weighted by Crippen LogP contribution is 2.49. The van der Waals surface area contributed by atoms with E-state index >= 15 is 0 Å². The minimum absolute atomic E-state index is 0.119. The number of carbonyl (C=O) groups is 1. The number of phenols is 1. The summed E-state index contributed by atoms with van der Waals surface area (Å²) in [7, 11) is -3.73. The smallest absolute Gasteiger partial charge is 0.260 e. The van der Waals surface area contributed by atoms with E-state index in [1.54, 1.807) is 13.0 Å². The van der Waals surface area contributed by atoms with Crippen LogP contribution in [-0.2, 0) is 11.3 Å². The molecule has 0 unspecified atom stereocenters. The maximum absolute atomic E-state index is 14.5. The van der Waals surface area contributed by atoms with Crippen molar-refractivity contribution in [2.45, 2.75) is 13.5 Å². The number of carbonyl (C=O) groups excluding carboxylic acids is 1. The fraction of sp³-hybridized carbons (Fsp3) is 0.188. The number of nitriles is 1. The van der Waals surface area contributed by atoms with E-state index in [4.69, 9.17) is 5.26 Å². The number of halogens is 1. The molecule has 1 saturated heterocycles. The van der Waals surface area contributed by atoms with Crippen molar-refractivity contribution in [1.29, 1.82) is 5.26 Å². The van der Waals surface area contributed by atoms with E-state index in [0.29, 0.717) is 26.8 Å². The van der Waals surface area contributed by atoms with E-state index in [0.717, 1.165) is 6.07 Å². The first-order valence-corrected chi connectivity index (χ1v) is 9.20. The molecular formula is C16H16FN5O4S. The van der Waals surface area contributed by atoms with Crippen molar-refractivity contribution in [3.05, 3.63) is 47.0 Å². The first-order valence-electron chi connectivity index (χ1n) is 7.70. The fourth-order valence-electron chi connectivity index (χ4n) is 2.60. The van der Waals surface area contributed by atoms with Crippen molar-refractivity contribution in [1.82, 2.24) is 9.71 Å². The van der Waals surface area contributed by atoms with Gasteiger partial charge in [0.2, 0.25) is 0 Å². The van der Waals surface area contributed by atoms with E-state index in [-0.39, 0.29) is 6.54 Å². The third-order valence-corrected chi connectivity index (χ3v) is 5.33. The molecule has 5 N–H and O–H groups in total. The fourth-order valence-corrected chi connectivity index (χ4v) is 3.81. The van der Waals surface area contributed by atoms with Crippen LogP contribution in [0.3, 0.4) is 0 Å². The van der Waals surface area contributed by atoms with Crippen LogP contribution in [-0.4, -0.2) is 31.6 Å². The minimum Gasteiger partial charge on any atom is -0.506 e. The Morgan fingerprint density at radius 1 is 1.44 bits per heavy atom. The van der Waals surface area contributed by atoms with Crippen LogP contribution in [0.15, 0.2) is 24.4 Å². The number of nitrogens with one attached hydrogen (secondary N) is 2. The van der Waals surface area contributed by atoms with Crippen molar-refractivity contribution in [2.24, 2.45) is 0 Å². The zero-order valence-corrected chi connectivity index (χ0v) is 14.9. The Morgan fingerprint density at radius 3 is 2.78 bits per heavy atom. The van der Waals surface area contributed by atoms with E-state index < -0.39 is 40.7 Å². The SMILES string of the molecule is Cc1ncc(NCc2cc(O)c(N3CC(=O)NS3(O)O)c(F)c2)cc1C#N. The molecule has 2 heterocycles. The van der Waals surface area contributed by atoms with Crippen molar-refractivity contribution >= 4 is 28.2 Å². The summed E-state index contributed by atoms with van der Waals surface area (Å²) in [5.74, 6) is -2.15. The van der Waals surface area contributed by atoms with E-state index in [1.165, 1.54) is 12.3 Å². The molecule has 1 aromatic heterocycles. The Bertz CT molecular complexity index is 939. The van der Waals surface area contributed by atoms with Crippen LogP contribution >= 0.6 is 11.0 Å². The Kier molecular flexibility index (Phi) is 4.79. The van der Waals surface area contributed by atoms with Crippen molar-refractivity contribution < 1.29 is 23.4 Å². The average molecular weight is 393 g/mol. The summed E-state index contributed by atoms with van der Waals surface area (Å²) >= 11 is 0. The summed E-state index contributed by atoms with van der Waals surface area (Å²) in [4.78, 5) is 15.5. The lowest BCUT2D eigenvalue weighted by molar-refractivity contribution is -0.117. The van der Waals surface area contributed by atoms with Gasteiger partial charge in [-0.15, -0.1) is 0 Å². The van der Waals surface area contributed by atoms with Crippen LogP contribution in [0.2, 0.25) is 0 Å². The van der Waals surface area contributed by atoms with E-state index in [1.807, 2.05) is 10.8 Å². The average Bonchev–Trinajstić information content (AvgIpc) is 2.85. The number of rotatable bonds is 4. The molecule has 0 spiro atoms. The maximum Gasteiger partial charge on any atom is 0.260 e. The van der Waals surface area contributed by atoms with Gasteiger partial charge in [-0.3, -0.25) is 18.9 Å². The quantitative estimate of drug-likeness (QED) is 0.532. The molecule has 0 radical (unpaired) electrons. The van der Waals surface area contributed by atoms with Gasteiger partial charge in [-0.25, -0.2) is 13.4 Å². The number of aromatic hydroxyl groups is 1. The molecule has 9 nitrogen and oxygen atoms in total. The topological polar surface area (TPSA) is 142 Å². The number of nitrogens with zero attached hydrogens (tertiary/aromatic N) is 3. The van der Waals surface area contributed by atoms with Crippen LogP contribution < -0.4 is 14.3 Å². The van der Waals surface area contributed by atoms with Gasteiger partial charge in [0.1, 0.15) is 24.1 Å². The molecule has 1 aliphatic rings. The molecule has 0 bridgehead atoms. The van der Waals surface area contributed by atoms with Crippen LogP contribution in [0.1, 0.15) is 16.8 Å². The maximum atomic E-state index is 14.5. The summed E-state index contributed by atoms with van der Waals surface area (Å²) in [5.41, 5.74) is 1.43. The van der Waals surface area contributed by atoms with Gasteiger partial charge < -0.3 is 10.4 Å². The number of phenolic OH excluding ortho intramolecular Hbond substituents is 1. The van der Waals surface area contributed by atoms with Crippen molar-refractivity contribution in [2.75, 3.05) is 16.2 Å². The normalized spacial score (nSPS) is 16.6. The lowest BCUT2D eigenvalue weighted by Crippen LogP contribution is -2.26. The van der Waals surface area contributed by atoms with Gasteiger partial charge in [0.05, 0.1) is 23.1 Å². The molecule has 11 heteroatoms. The first-order chi connectivity index (χ1) is 12.7. The molecule has 2 aromatic rings. The number of amides is 1. The molecule has 0 aliphatic carbocycles. The summed E-state index contributed by atoms with van der Waals surface area (Å²) in [6.45, 7) is 1.33. The number of hydrogen-bond donors (Lipinski definition) is 5. The third-order valence-electron chi connectivity index (χ3n) is 3.90. The van der Waals surface area contributed by atoms with Gasteiger partial charge in [-0.2, -0.15) is 5.26 Å². The molecular weight excluding hydrogens is 377 g/mol. The zero-order chi connectivity index (χ0) is 19.8.